The van der Waals surface area contributed by atoms with Gasteiger partial charge in [0.15, 0.2) is 0 Å². The van der Waals surface area contributed by atoms with Gasteiger partial charge in [-0.1, -0.05) is 0 Å². The molecule has 1 aromatic heterocycles. The third-order valence-electron chi connectivity index (χ3n) is 3.98. The van der Waals surface area contributed by atoms with Crippen molar-refractivity contribution in [3.63, 3.8) is 0 Å². The molecule has 0 spiro atoms. The van der Waals surface area contributed by atoms with Gasteiger partial charge in [-0.25, -0.2) is 4.79 Å². The molecule has 0 unspecified atom stereocenters. The van der Waals surface area contributed by atoms with Gasteiger partial charge < -0.3 is 20.3 Å². The summed E-state index contributed by atoms with van der Waals surface area (Å²) in [6, 6.07) is 4.31. The maximum atomic E-state index is 12.1. The molecule has 2 N–H and O–H groups in total. The van der Waals surface area contributed by atoms with Crippen molar-refractivity contribution in [1.82, 2.24) is 15.5 Å². The molecule has 3 rings (SSSR count). The third-order valence-corrected chi connectivity index (χ3v) is 5.18. The van der Waals surface area contributed by atoms with E-state index in [1.807, 2.05) is 12.1 Å². The fraction of sp³-hybridized carbons (Fsp3) is 0.600. The zero-order valence-corrected chi connectivity index (χ0v) is 13.3. The molecule has 3 heterocycles. The van der Waals surface area contributed by atoms with Gasteiger partial charge >= 0.3 is 6.09 Å². The Morgan fingerprint density at radius 2 is 2.36 bits per heavy atom. The quantitative estimate of drug-likeness (QED) is 0.866. The first kappa shape index (κ1) is 15.3. The molecule has 0 saturated carbocycles. The highest BCUT2D eigenvalue weighted by molar-refractivity contribution is 7.14. The molecule has 7 heteroatoms. The lowest BCUT2D eigenvalue weighted by molar-refractivity contribution is 0.0720. The van der Waals surface area contributed by atoms with Crippen molar-refractivity contribution in [2.45, 2.75) is 25.3 Å². The summed E-state index contributed by atoms with van der Waals surface area (Å²) in [5.41, 5.74) is 0. The Labute approximate surface area is 133 Å². The predicted octanol–water partition coefficient (Wildman–Crippen LogP) is 1.74. The molecule has 2 aliphatic rings. The first-order chi connectivity index (χ1) is 10.7. The van der Waals surface area contributed by atoms with Crippen molar-refractivity contribution in [2.75, 3.05) is 32.8 Å². The molecule has 2 amide bonds. The number of thiophene rings is 1. The Hall–Kier alpha value is -1.60. The second-order valence-electron chi connectivity index (χ2n) is 5.56. The van der Waals surface area contributed by atoms with Crippen molar-refractivity contribution in [1.29, 1.82) is 0 Å². The van der Waals surface area contributed by atoms with E-state index >= 15 is 0 Å². The van der Waals surface area contributed by atoms with E-state index < -0.39 is 0 Å². The van der Waals surface area contributed by atoms with E-state index in [4.69, 9.17) is 4.74 Å². The summed E-state index contributed by atoms with van der Waals surface area (Å²) in [5, 5.41) is 6.31. The SMILES string of the molecule is O=C(NCCN1CCCOC1=O)c1ccc([C@H]2CCCN2)s1. The second kappa shape index (κ2) is 7.11. The average molecular weight is 323 g/mol. The number of nitrogens with zero attached hydrogens (tertiary/aromatic N) is 1. The smallest absolute Gasteiger partial charge is 0.409 e. The minimum Gasteiger partial charge on any atom is -0.449 e. The molecular weight excluding hydrogens is 302 g/mol. The van der Waals surface area contributed by atoms with Gasteiger partial charge in [0, 0.05) is 30.6 Å². The minimum atomic E-state index is -0.286. The summed E-state index contributed by atoms with van der Waals surface area (Å²) in [4.78, 5) is 27.2. The summed E-state index contributed by atoms with van der Waals surface area (Å²) in [7, 11) is 0. The topological polar surface area (TPSA) is 70.7 Å². The fourth-order valence-electron chi connectivity index (χ4n) is 2.78. The van der Waals surface area contributed by atoms with Crippen LogP contribution in [0.4, 0.5) is 4.79 Å². The standard InChI is InChI=1S/C15H21N3O3S/c19-14(17-7-9-18-8-2-10-21-15(18)20)13-5-4-12(22-13)11-3-1-6-16-11/h4-5,11,16H,1-3,6-10H2,(H,17,19)/t11-/m1/s1. The van der Waals surface area contributed by atoms with Crippen LogP contribution in [0.5, 0.6) is 0 Å². The zero-order chi connectivity index (χ0) is 15.4. The van der Waals surface area contributed by atoms with E-state index in [0.717, 1.165) is 24.3 Å². The molecule has 0 aromatic carbocycles. The number of ether oxygens (including phenoxy) is 1. The average Bonchev–Trinajstić information content (AvgIpc) is 3.20. The van der Waals surface area contributed by atoms with Crippen LogP contribution in [0.1, 0.15) is 39.9 Å². The first-order valence-electron chi connectivity index (χ1n) is 7.77. The van der Waals surface area contributed by atoms with Gasteiger partial charge in [-0.05, 0) is 37.9 Å². The molecule has 1 atom stereocenters. The van der Waals surface area contributed by atoms with E-state index in [-0.39, 0.29) is 12.0 Å². The summed E-state index contributed by atoms with van der Waals surface area (Å²) in [6.07, 6.45) is 2.89. The highest BCUT2D eigenvalue weighted by Gasteiger charge is 2.21. The van der Waals surface area contributed by atoms with Crippen LogP contribution in [0.25, 0.3) is 0 Å². The number of carbonyl (C=O) groups is 2. The van der Waals surface area contributed by atoms with Gasteiger partial charge in [0.25, 0.3) is 5.91 Å². The number of hydrogen-bond acceptors (Lipinski definition) is 5. The number of nitrogens with one attached hydrogen (secondary N) is 2. The molecule has 22 heavy (non-hydrogen) atoms. The summed E-state index contributed by atoms with van der Waals surface area (Å²) < 4.78 is 4.96. The van der Waals surface area contributed by atoms with Crippen LogP contribution in [0.2, 0.25) is 0 Å². The van der Waals surface area contributed by atoms with E-state index in [1.165, 1.54) is 11.3 Å². The lowest BCUT2D eigenvalue weighted by Crippen LogP contribution is -2.42. The Balaban J connectivity index is 1.46. The van der Waals surface area contributed by atoms with Gasteiger partial charge in [0.2, 0.25) is 0 Å². The Morgan fingerprint density at radius 1 is 1.45 bits per heavy atom. The maximum absolute atomic E-state index is 12.1. The predicted molar refractivity (Wildman–Crippen MR) is 84.2 cm³/mol. The molecule has 2 saturated heterocycles. The lowest BCUT2D eigenvalue weighted by atomic mass is 10.2. The van der Waals surface area contributed by atoms with Crippen LogP contribution < -0.4 is 10.6 Å². The van der Waals surface area contributed by atoms with Gasteiger partial charge in [0.1, 0.15) is 0 Å². The van der Waals surface area contributed by atoms with E-state index in [1.54, 1.807) is 16.2 Å². The number of cyclic esters (lactones) is 1. The fourth-order valence-corrected chi connectivity index (χ4v) is 3.82. The number of hydrogen-bond donors (Lipinski definition) is 2. The third kappa shape index (κ3) is 3.59. The number of carbonyl (C=O) groups excluding carboxylic acids is 2. The van der Waals surface area contributed by atoms with Crippen molar-refractivity contribution >= 4 is 23.3 Å². The van der Waals surface area contributed by atoms with E-state index in [2.05, 4.69) is 10.6 Å². The van der Waals surface area contributed by atoms with Crippen molar-refractivity contribution < 1.29 is 14.3 Å². The molecule has 120 valence electrons. The minimum absolute atomic E-state index is 0.0698. The normalized spacial score (nSPS) is 21.7. The molecule has 2 fully saturated rings. The van der Waals surface area contributed by atoms with Crippen molar-refractivity contribution in [2.24, 2.45) is 0 Å². The number of amides is 2. The molecule has 0 aliphatic carbocycles. The number of rotatable bonds is 5. The lowest BCUT2D eigenvalue weighted by Gasteiger charge is -2.26. The summed E-state index contributed by atoms with van der Waals surface area (Å²) >= 11 is 1.55. The molecule has 1 aromatic rings. The van der Waals surface area contributed by atoms with E-state index in [0.29, 0.717) is 32.3 Å². The van der Waals surface area contributed by atoms with Crippen LogP contribution in [0.15, 0.2) is 12.1 Å². The van der Waals surface area contributed by atoms with E-state index in [9.17, 15) is 9.59 Å². The van der Waals surface area contributed by atoms with Crippen LogP contribution >= 0.6 is 11.3 Å². The van der Waals surface area contributed by atoms with Gasteiger partial charge in [-0.15, -0.1) is 11.3 Å². The van der Waals surface area contributed by atoms with Crippen LogP contribution in [-0.2, 0) is 4.74 Å². The van der Waals surface area contributed by atoms with Gasteiger partial charge in [0.05, 0.1) is 11.5 Å². The van der Waals surface area contributed by atoms with Crippen LogP contribution in [0.3, 0.4) is 0 Å². The van der Waals surface area contributed by atoms with Gasteiger partial charge in [-0.2, -0.15) is 0 Å². The van der Waals surface area contributed by atoms with Crippen LogP contribution in [-0.4, -0.2) is 49.7 Å². The van der Waals surface area contributed by atoms with Crippen LogP contribution in [0, 0.1) is 0 Å². The maximum Gasteiger partial charge on any atom is 0.409 e. The highest BCUT2D eigenvalue weighted by Crippen LogP contribution is 2.29. The second-order valence-corrected chi connectivity index (χ2v) is 6.68. The Bertz CT molecular complexity index is 540. The monoisotopic (exact) mass is 323 g/mol. The van der Waals surface area contributed by atoms with Gasteiger partial charge in [-0.3, -0.25) is 4.79 Å². The molecule has 0 bridgehead atoms. The Kier molecular flexibility index (Phi) is 4.94. The van der Waals surface area contributed by atoms with Crippen molar-refractivity contribution in [3.05, 3.63) is 21.9 Å². The summed E-state index contributed by atoms with van der Waals surface area (Å²) in [6.45, 7) is 3.19. The largest absolute Gasteiger partial charge is 0.449 e. The molecule has 2 aliphatic heterocycles. The highest BCUT2D eigenvalue weighted by atomic mass is 32.1. The molecular formula is C15H21N3O3S. The first-order valence-corrected chi connectivity index (χ1v) is 8.59. The molecule has 6 nitrogen and oxygen atoms in total. The Morgan fingerprint density at radius 3 is 3.14 bits per heavy atom. The molecule has 0 radical (unpaired) electrons. The van der Waals surface area contributed by atoms with Crippen molar-refractivity contribution in [3.8, 4) is 0 Å². The zero-order valence-electron chi connectivity index (χ0n) is 12.5. The summed E-state index contributed by atoms with van der Waals surface area (Å²) in [5.74, 6) is -0.0698.